The van der Waals surface area contributed by atoms with Crippen molar-refractivity contribution >= 4 is 28.5 Å². The summed E-state index contributed by atoms with van der Waals surface area (Å²) in [4.78, 5) is 43.0. The van der Waals surface area contributed by atoms with Crippen LogP contribution in [0.15, 0.2) is 76.4 Å². The van der Waals surface area contributed by atoms with Gasteiger partial charge in [-0.2, -0.15) is 0 Å². The van der Waals surface area contributed by atoms with E-state index in [-0.39, 0.29) is 24.5 Å². The highest BCUT2D eigenvalue weighted by Gasteiger charge is 2.16. The molecule has 7 nitrogen and oxygen atoms in total. The number of aromatic nitrogens is 3. The van der Waals surface area contributed by atoms with Crippen molar-refractivity contribution in [1.82, 2.24) is 19.4 Å². The number of carbonyl (C=O) groups excluding carboxylic acids is 1. The van der Waals surface area contributed by atoms with Crippen molar-refractivity contribution in [2.24, 2.45) is 0 Å². The summed E-state index contributed by atoms with van der Waals surface area (Å²) < 4.78 is 2.37. The number of nitrogens with one attached hydrogen (secondary N) is 1. The van der Waals surface area contributed by atoms with E-state index in [4.69, 9.17) is 11.6 Å². The van der Waals surface area contributed by atoms with Gasteiger partial charge in [0.05, 0.1) is 12.1 Å². The van der Waals surface area contributed by atoms with Crippen LogP contribution in [0.3, 0.4) is 0 Å². The fourth-order valence-electron chi connectivity index (χ4n) is 3.41. The third-order valence-corrected chi connectivity index (χ3v) is 5.40. The lowest BCUT2D eigenvalue weighted by molar-refractivity contribution is -0.121. The third kappa shape index (κ3) is 4.63. The van der Waals surface area contributed by atoms with Crippen molar-refractivity contribution in [2.45, 2.75) is 26.6 Å². The van der Waals surface area contributed by atoms with Crippen LogP contribution in [0, 0.1) is 6.92 Å². The molecule has 0 fully saturated rings. The minimum Gasteiger partial charge on any atom is -0.350 e. The van der Waals surface area contributed by atoms with Crippen LogP contribution >= 0.6 is 11.6 Å². The van der Waals surface area contributed by atoms with Gasteiger partial charge >= 0.3 is 5.69 Å². The second kappa shape index (κ2) is 9.20. The molecule has 4 aromatic rings. The van der Waals surface area contributed by atoms with Crippen molar-refractivity contribution < 1.29 is 4.79 Å². The summed E-state index contributed by atoms with van der Waals surface area (Å²) in [6.07, 6.45) is 1.49. The molecule has 0 aliphatic carbocycles. The fourth-order valence-corrected chi connectivity index (χ4v) is 3.54. The fraction of sp³-hybridized carbons (Fsp3) is 0.167. The van der Waals surface area contributed by atoms with Gasteiger partial charge < -0.3 is 5.32 Å². The van der Waals surface area contributed by atoms with Crippen LogP contribution in [0.2, 0.25) is 5.02 Å². The van der Waals surface area contributed by atoms with E-state index in [9.17, 15) is 14.4 Å². The van der Waals surface area contributed by atoms with Gasteiger partial charge in [-0.1, -0.05) is 53.6 Å². The molecule has 2 aromatic heterocycles. The Kier molecular flexibility index (Phi) is 6.18. The zero-order valence-corrected chi connectivity index (χ0v) is 18.2. The SMILES string of the molecule is Cc1ccc(CNC(=O)Cn2c(=O)n(Cc3ccc(Cl)cc3)c(=O)c3ncccc32)cc1. The molecule has 0 unspecified atom stereocenters. The van der Waals surface area contributed by atoms with Crippen LogP contribution in [-0.4, -0.2) is 20.0 Å². The van der Waals surface area contributed by atoms with Gasteiger partial charge in [-0.05, 0) is 42.3 Å². The lowest BCUT2D eigenvalue weighted by Crippen LogP contribution is -2.43. The van der Waals surface area contributed by atoms with Gasteiger partial charge in [0.2, 0.25) is 5.91 Å². The second-order valence-corrected chi connectivity index (χ2v) is 7.96. The zero-order valence-electron chi connectivity index (χ0n) is 17.4. The standard InChI is InChI=1S/C24H21ClN4O3/c1-16-4-6-17(7-5-16)13-27-21(30)15-28-20-3-2-12-26-22(20)23(31)29(24(28)32)14-18-8-10-19(25)11-9-18/h2-12H,13-15H2,1H3,(H,27,30). The minimum atomic E-state index is -0.573. The van der Waals surface area contributed by atoms with E-state index in [1.807, 2.05) is 31.2 Å². The number of hydrogen-bond donors (Lipinski definition) is 1. The molecule has 0 radical (unpaired) electrons. The summed E-state index contributed by atoms with van der Waals surface area (Å²) in [6.45, 7) is 2.15. The summed E-state index contributed by atoms with van der Waals surface area (Å²) in [5, 5.41) is 3.39. The van der Waals surface area contributed by atoms with Crippen LogP contribution in [0.25, 0.3) is 11.0 Å². The number of benzene rings is 2. The first-order valence-corrected chi connectivity index (χ1v) is 10.5. The highest BCUT2D eigenvalue weighted by molar-refractivity contribution is 6.30. The molecule has 4 rings (SSSR count). The summed E-state index contributed by atoms with van der Waals surface area (Å²) in [7, 11) is 0. The number of hydrogen-bond acceptors (Lipinski definition) is 4. The Morgan fingerprint density at radius 3 is 2.38 bits per heavy atom. The normalized spacial score (nSPS) is 10.9. The molecule has 1 amide bonds. The molecule has 32 heavy (non-hydrogen) atoms. The van der Waals surface area contributed by atoms with Crippen molar-refractivity contribution in [1.29, 1.82) is 0 Å². The molecule has 0 saturated heterocycles. The number of fused-ring (bicyclic) bond motifs is 1. The molecule has 0 spiro atoms. The van der Waals surface area contributed by atoms with Crippen molar-refractivity contribution in [3.05, 3.63) is 109 Å². The predicted molar refractivity (Wildman–Crippen MR) is 124 cm³/mol. The topological polar surface area (TPSA) is 86.0 Å². The molecular weight excluding hydrogens is 428 g/mol. The van der Waals surface area contributed by atoms with E-state index in [2.05, 4.69) is 10.3 Å². The maximum absolute atomic E-state index is 13.2. The summed E-state index contributed by atoms with van der Waals surface area (Å²) in [5.74, 6) is -0.338. The first-order valence-electron chi connectivity index (χ1n) is 10.1. The van der Waals surface area contributed by atoms with Crippen molar-refractivity contribution in [3.63, 3.8) is 0 Å². The maximum atomic E-state index is 13.2. The number of amides is 1. The second-order valence-electron chi connectivity index (χ2n) is 7.52. The average Bonchev–Trinajstić information content (AvgIpc) is 2.80. The predicted octanol–water partition coefficient (Wildman–Crippen LogP) is 2.88. The molecule has 162 valence electrons. The number of rotatable bonds is 6. The molecule has 0 saturated carbocycles. The molecule has 0 aliphatic rings. The molecule has 1 N–H and O–H groups in total. The molecule has 2 aromatic carbocycles. The number of halogens is 1. The van der Waals surface area contributed by atoms with Gasteiger partial charge in [0.25, 0.3) is 5.56 Å². The van der Waals surface area contributed by atoms with Gasteiger partial charge in [-0.25, -0.2) is 9.78 Å². The number of nitrogens with zero attached hydrogens (tertiary/aromatic N) is 3. The van der Waals surface area contributed by atoms with Gasteiger partial charge in [0.15, 0.2) is 5.52 Å². The monoisotopic (exact) mass is 448 g/mol. The average molecular weight is 449 g/mol. The van der Waals surface area contributed by atoms with Crippen molar-refractivity contribution in [3.8, 4) is 0 Å². The van der Waals surface area contributed by atoms with Crippen LogP contribution in [0.4, 0.5) is 0 Å². The molecule has 0 bridgehead atoms. The molecule has 0 atom stereocenters. The van der Waals surface area contributed by atoms with Crippen LogP contribution in [0.1, 0.15) is 16.7 Å². The first-order chi connectivity index (χ1) is 15.4. The minimum absolute atomic E-state index is 0.0480. The smallest absolute Gasteiger partial charge is 0.332 e. The Labute approximate surface area is 188 Å². The van der Waals surface area contributed by atoms with Gasteiger partial charge in [-0.15, -0.1) is 0 Å². The highest BCUT2D eigenvalue weighted by Crippen LogP contribution is 2.11. The van der Waals surface area contributed by atoms with Gasteiger partial charge in [-0.3, -0.25) is 18.7 Å². The van der Waals surface area contributed by atoms with E-state index < -0.39 is 11.2 Å². The Morgan fingerprint density at radius 2 is 1.66 bits per heavy atom. The molecule has 2 heterocycles. The summed E-state index contributed by atoms with van der Waals surface area (Å²) >= 11 is 5.93. The third-order valence-electron chi connectivity index (χ3n) is 5.15. The Morgan fingerprint density at radius 1 is 0.969 bits per heavy atom. The van der Waals surface area contributed by atoms with Crippen LogP contribution in [0.5, 0.6) is 0 Å². The Balaban J connectivity index is 1.66. The molecule has 8 heteroatoms. The number of pyridine rings is 1. The quantitative estimate of drug-likeness (QED) is 0.491. The number of carbonyl (C=O) groups is 1. The summed E-state index contributed by atoms with van der Waals surface area (Å²) in [5.41, 5.74) is 2.20. The highest BCUT2D eigenvalue weighted by atomic mass is 35.5. The lowest BCUT2D eigenvalue weighted by atomic mass is 10.1. The van der Waals surface area contributed by atoms with E-state index in [0.717, 1.165) is 21.3 Å². The van der Waals surface area contributed by atoms with Crippen LogP contribution in [-0.2, 0) is 24.4 Å². The van der Waals surface area contributed by atoms with Crippen molar-refractivity contribution in [2.75, 3.05) is 0 Å². The van der Waals surface area contributed by atoms with Gasteiger partial charge in [0, 0.05) is 17.8 Å². The largest absolute Gasteiger partial charge is 0.350 e. The Hall–Kier alpha value is -3.71. The van der Waals surface area contributed by atoms with E-state index >= 15 is 0 Å². The van der Waals surface area contributed by atoms with E-state index in [1.165, 1.54) is 10.8 Å². The lowest BCUT2D eigenvalue weighted by Gasteiger charge is -2.14. The maximum Gasteiger partial charge on any atom is 0.332 e. The zero-order chi connectivity index (χ0) is 22.7. The number of aryl methyl sites for hydroxylation is 1. The Bertz CT molecular complexity index is 1390. The van der Waals surface area contributed by atoms with Gasteiger partial charge in [0.1, 0.15) is 6.54 Å². The van der Waals surface area contributed by atoms with E-state index in [1.54, 1.807) is 36.4 Å². The van der Waals surface area contributed by atoms with E-state index in [0.29, 0.717) is 17.1 Å². The summed E-state index contributed by atoms with van der Waals surface area (Å²) in [6, 6.07) is 17.9. The van der Waals surface area contributed by atoms with Crippen LogP contribution < -0.4 is 16.6 Å². The molecule has 0 aliphatic heterocycles. The first kappa shape index (κ1) is 21.5. The molecular formula is C24H21ClN4O3.